The van der Waals surface area contributed by atoms with Gasteiger partial charge in [-0.25, -0.2) is 17.2 Å². The minimum Gasteiger partial charge on any atom is -0.352 e. The Kier molecular flexibility index (Phi) is 6.24. The lowest BCUT2D eigenvalue weighted by Gasteiger charge is -2.07. The van der Waals surface area contributed by atoms with Gasteiger partial charge in [0.05, 0.1) is 5.56 Å². The first kappa shape index (κ1) is 18.0. The van der Waals surface area contributed by atoms with Crippen molar-refractivity contribution in [1.82, 2.24) is 5.32 Å². The standard InChI is InChI=1S/C11H12ClF2NO4S2/c1-20(17)4-2-3-15-11(16)7-5-10(21(12,18)19)9(14)6-8(7)13/h5-6H,2-4H2,1H3,(H,15,16). The highest BCUT2D eigenvalue weighted by atomic mass is 35.7. The summed E-state index contributed by atoms with van der Waals surface area (Å²) in [4.78, 5) is 10.7. The van der Waals surface area contributed by atoms with E-state index in [1.165, 1.54) is 6.26 Å². The minimum atomic E-state index is -4.43. The molecule has 0 aromatic heterocycles. The van der Waals surface area contributed by atoms with Crippen molar-refractivity contribution < 1.29 is 26.2 Å². The van der Waals surface area contributed by atoms with Crippen molar-refractivity contribution in [2.24, 2.45) is 0 Å². The second kappa shape index (κ2) is 7.28. The zero-order chi connectivity index (χ0) is 16.2. The summed E-state index contributed by atoms with van der Waals surface area (Å²) in [6.07, 6.45) is 1.90. The zero-order valence-corrected chi connectivity index (χ0v) is 13.2. The van der Waals surface area contributed by atoms with Crippen LogP contribution < -0.4 is 5.32 Å². The first-order valence-electron chi connectivity index (χ1n) is 5.65. The van der Waals surface area contributed by atoms with E-state index in [1.807, 2.05) is 0 Å². The second-order valence-electron chi connectivity index (χ2n) is 4.09. The molecule has 1 aromatic rings. The Balaban J connectivity index is 2.92. The van der Waals surface area contributed by atoms with Crippen LogP contribution in [-0.4, -0.2) is 37.1 Å². The fourth-order valence-corrected chi connectivity index (χ4v) is 2.92. The summed E-state index contributed by atoms with van der Waals surface area (Å²) in [5.41, 5.74) is -0.631. The molecule has 21 heavy (non-hydrogen) atoms. The van der Waals surface area contributed by atoms with E-state index in [0.717, 1.165) is 0 Å². The van der Waals surface area contributed by atoms with Gasteiger partial charge >= 0.3 is 0 Å². The number of carbonyl (C=O) groups excluding carboxylic acids is 1. The Bertz CT molecular complexity index is 679. The molecule has 10 heteroatoms. The number of amides is 1. The van der Waals surface area contributed by atoms with E-state index in [9.17, 15) is 26.2 Å². The molecule has 1 amide bonds. The molecule has 1 aromatic carbocycles. The molecule has 1 unspecified atom stereocenters. The lowest BCUT2D eigenvalue weighted by atomic mass is 10.2. The van der Waals surface area contributed by atoms with Crippen molar-refractivity contribution in [3.8, 4) is 0 Å². The van der Waals surface area contributed by atoms with Crippen LogP contribution in [0.1, 0.15) is 16.8 Å². The second-order valence-corrected chi connectivity index (χ2v) is 8.18. The van der Waals surface area contributed by atoms with Crippen LogP contribution in [0, 0.1) is 11.6 Å². The maximum atomic E-state index is 13.5. The largest absolute Gasteiger partial charge is 0.352 e. The first-order valence-corrected chi connectivity index (χ1v) is 9.68. The van der Waals surface area contributed by atoms with Crippen molar-refractivity contribution in [3.05, 3.63) is 29.3 Å². The predicted octanol–water partition coefficient (Wildman–Crippen LogP) is 1.39. The molecule has 0 spiro atoms. The van der Waals surface area contributed by atoms with Gasteiger partial charge < -0.3 is 5.32 Å². The summed E-state index contributed by atoms with van der Waals surface area (Å²) >= 11 is 0. The molecule has 0 aliphatic rings. The molecule has 0 heterocycles. The van der Waals surface area contributed by atoms with Crippen LogP contribution in [0.4, 0.5) is 8.78 Å². The van der Waals surface area contributed by atoms with Gasteiger partial charge in [0, 0.05) is 46.1 Å². The third kappa shape index (κ3) is 5.33. The maximum Gasteiger partial charge on any atom is 0.264 e. The van der Waals surface area contributed by atoms with Gasteiger partial charge in [0.15, 0.2) is 0 Å². The monoisotopic (exact) mass is 359 g/mol. The van der Waals surface area contributed by atoms with E-state index in [-0.39, 0.29) is 12.6 Å². The van der Waals surface area contributed by atoms with E-state index in [1.54, 1.807) is 0 Å². The third-order valence-electron chi connectivity index (χ3n) is 2.42. The molecule has 0 radical (unpaired) electrons. The number of halogens is 3. The van der Waals surface area contributed by atoms with Crippen molar-refractivity contribution >= 4 is 36.4 Å². The number of rotatable bonds is 6. The van der Waals surface area contributed by atoms with E-state index in [0.29, 0.717) is 18.2 Å². The van der Waals surface area contributed by atoms with Crippen molar-refractivity contribution in [1.29, 1.82) is 0 Å². The highest BCUT2D eigenvalue weighted by Crippen LogP contribution is 2.22. The van der Waals surface area contributed by atoms with Gasteiger partial charge in [-0.3, -0.25) is 9.00 Å². The Labute approximate surface area is 127 Å². The van der Waals surface area contributed by atoms with Crippen LogP contribution >= 0.6 is 10.7 Å². The molecule has 1 rings (SSSR count). The molecule has 0 fully saturated rings. The summed E-state index contributed by atoms with van der Waals surface area (Å²) in [5.74, 6) is -3.13. The molecular weight excluding hydrogens is 348 g/mol. The first-order chi connectivity index (χ1) is 9.62. The van der Waals surface area contributed by atoms with Gasteiger partial charge in [-0.05, 0) is 12.5 Å². The summed E-state index contributed by atoms with van der Waals surface area (Å²) in [5, 5.41) is 2.32. The van der Waals surface area contributed by atoms with Gasteiger partial charge in [0.25, 0.3) is 15.0 Å². The van der Waals surface area contributed by atoms with E-state index >= 15 is 0 Å². The fourth-order valence-electron chi connectivity index (χ4n) is 1.46. The van der Waals surface area contributed by atoms with Gasteiger partial charge in [-0.2, -0.15) is 0 Å². The lowest BCUT2D eigenvalue weighted by Crippen LogP contribution is -2.26. The number of nitrogens with one attached hydrogen (secondary N) is 1. The number of benzene rings is 1. The highest BCUT2D eigenvalue weighted by molar-refractivity contribution is 8.13. The molecule has 0 aliphatic heterocycles. The number of hydrogen-bond donors (Lipinski definition) is 1. The van der Waals surface area contributed by atoms with Gasteiger partial charge in [0.2, 0.25) is 0 Å². The van der Waals surface area contributed by atoms with Crippen molar-refractivity contribution in [2.75, 3.05) is 18.6 Å². The molecule has 1 atom stereocenters. The van der Waals surface area contributed by atoms with E-state index < -0.39 is 47.9 Å². The van der Waals surface area contributed by atoms with Crippen LogP contribution in [0.5, 0.6) is 0 Å². The van der Waals surface area contributed by atoms with E-state index in [4.69, 9.17) is 10.7 Å². The van der Waals surface area contributed by atoms with Crippen LogP contribution in [-0.2, 0) is 19.9 Å². The zero-order valence-electron chi connectivity index (χ0n) is 10.9. The predicted molar refractivity (Wildman–Crippen MR) is 75.3 cm³/mol. The quantitative estimate of drug-likeness (QED) is 0.615. The molecule has 0 bridgehead atoms. The van der Waals surface area contributed by atoms with Crippen molar-refractivity contribution in [3.63, 3.8) is 0 Å². The average Bonchev–Trinajstić information content (AvgIpc) is 2.32. The highest BCUT2D eigenvalue weighted by Gasteiger charge is 2.22. The minimum absolute atomic E-state index is 0.123. The topological polar surface area (TPSA) is 80.3 Å². The van der Waals surface area contributed by atoms with Gasteiger partial charge in [0.1, 0.15) is 16.5 Å². The molecule has 118 valence electrons. The van der Waals surface area contributed by atoms with Crippen LogP contribution in [0.25, 0.3) is 0 Å². The number of hydrogen-bond acceptors (Lipinski definition) is 4. The summed E-state index contributed by atoms with van der Waals surface area (Å²) in [6, 6.07) is 0.825. The SMILES string of the molecule is CS(=O)CCCNC(=O)c1cc(S(=O)(=O)Cl)c(F)cc1F. The lowest BCUT2D eigenvalue weighted by molar-refractivity contribution is 0.0949. The van der Waals surface area contributed by atoms with Gasteiger partial charge in [-0.1, -0.05) is 0 Å². The molecule has 0 aliphatic carbocycles. The Morgan fingerprint density at radius 3 is 2.48 bits per heavy atom. The average molecular weight is 360 g/mol. The van der Waals surface area contributed by atoms with Crippen molar-refractivity contribution in [2.45, 2.75) is 11.3 Å². The summed E-state index contributed by atoms with van der Waals surface area (Å²) < 4.78 is 59.9. The Morgan fingerprint density at radius 1 is 1.33 bits per heavy atom. The summed E-state index contributed by atoms with van der Waals surface area (Å²) in [6.45, 7) is 0.123. The Hall–Kier alpha value is -1.06. The maximum absolute atomic E-state index is 13.5. The van der Waals surface area contributed by atoms with Crippen LogP contribution in [0.3, 0.4) is 0 Å². The number of carbonyl (C=O) groups is 1. The molecule has 5 nitrogen and oxygen atoms in total. The molecule has 0 saturated carbocycles. The fraction of sp³-hybridized carbons (Fsp3) is 0.364. The summed E-state index contributed by atoms with van der Waals surface area (Å²) in [7, 11) is -0.453. The third-order valence-corrected chi connectivity index (χ3v) is 4.62. The molecular formula is C11H12ClF2NO4S2. The molecule has 1 N–H and O–H groups in total. The smallest absolute Gasteiger partial charge is 0.264 e. The Morgan fingerprint density at radius 2 is 1.95 bits per heavy atom. The van der Waals surface area contributed by atoms with Gasteiger partial charge in [-0.15, -0.1) is 0 Å². The van der Waals surface area contributed by atoms with Crippen LogP contribution in [0.15, 0.2) is 17.0 Å². The van der Waals surface area contributed by atoms with Crippen LogP contribution in [0.2, 0.25) is 0 Å². The molecule has 0 saturated heterocycles. The normalized spacial score (nSPS) is 13.0. The van der Waals surface area contributed by atoms with E-state index in [2.05, 4.69) is 5.32 Å².